The summed E-state index contributed by atoms with van der Waals surface area (Å²) < 4.78 is 10.8. The van der Waals surface area contributed by atoms with Crippen molar-refractivity contribution in [3.8, 4) is 0 Å². The average molecular weight is 209 g/mol. The zero-order valence-electron chi connectivity index (χ0n) is 10.1. The molecule has 0 heterocycles. The Kier molecular flexibility index (Phi) is 3.72. The molecule has 0 aliphatic heterocycles. The molecule has 84 valence electrons. The second-order valence-electron chi connectivity index (χ2n) is 3.77. The smallest absolute Gasteiger partial charge is 0.193 e. The van der Waals surface area contributed by atoms with Crippen molar-refractivity contribution in [2.24, 2.45) is 0 Å². The molecule has 3 heteroatoms. The second kappa shape index (κ2) is 4.64. The largest absolute Gasteiger partial charge is 0.377 e. The normalized spacial score (nSPS) is 11.5. The third kappa shape index (κ3) is 2.30. The Morgan fingerprint density at radius 3 is 2.07 bits per heavy atom. The molecule has 0 atom stereocenters. The van der Waals surface area contributed by atoms with Gasteiger partial charge in [0, 0.05) is 39.6 Å². The van der Waals surface area contributed by atoms with Crippen LogP contribution in [-0.4, -0.2) is 28.3 Å². The predicted molar refractivity (Wildman–Crippen MR) is 62.1 cm³/mol. The second-order valence-corrected chi connectivity index (χ2v) is 3.77. The van der Waals surface area contributed by atoms with E-state index >= 15 is 0 Å². The van der Waals surface area contributed by atoms with Crippen LogP contribution >= 0.6 is 0 Å². The van der Waals surface area contributed by atoms with Crippen LogP contribution in [0.3, 0.4) is 0 Å². The zero-order chi connectivity index (χ0) is 11.5. The molecule has 1 rings (SSSR count). The summed E-state index contributed by atoms with van der Waals surface area (Å²) in [5, 5.41) is 0. The van der Waals surface area contributed by atoms with Gasteiger partial charge in [0.2, 0.25) is 0 Å². The minimum absolute atomic E-state index is 0.694. The monoisotopic (exact) mass is 209 g/mol. The lowest BCUT2D eigenvalue weighted by molar-refractivity contribution is -0.201. The Morgan fingerprint density at radius 2 is 1.60 bits per heavy atom. The summed E-state index contributed by atoms with van der Waals surface area (Å²) in [7, 11) is 7.31. The van der Waals surface area contributed by atoms with E-state index in [2.05, 4.69) is 0 Å². The fraction of sp³-hybridized carbons (Fsp3) is 0.500. The first kappa shape index (κ1) is 12.0. The summed E-state index contributed by atoms with van der Waals surface area (Å²) in [5.41, 5.74) is 2.13. The van der Waals surface area contributed by atoms with Crippen molar-refractivity contribution >= 4 is 5.69 Å². The standard InChI is InChI=1S/C12H19NO2/c1-12(14-4,15-5)10-8-6-7-9-11(10)13(2)3/h6-9H,1-5H3. The van der Waals surface area contributed by atoms with E-state index < -0.39 is 5.79 Å². The van der Waals surface area contributed by atoms with Crippen LogP contribution in [0.25, 0.3) is 0 Å². The van der Waals surface area contributed by atoms with Crippen molar-refractivity contribution < 1.29 is 9.47 Å². The van der Waals surface area contributed by atoms with Gasteiger partial charge in [0.05, 0.1) is 0 Å². The van der Waals surface area contributed by atoms with Gasteiger partial charge in [-0.1, -0.05) is 18.2 Å². The summed E-state index contributed by atoms with van der Waals surface area (Å²) >= 11 is 0. The first-order valence-corrected chi connectivity index (χ1v) is 4.92. The van der Waals surface area contributed by atoms with E-state index in [1.807, 2.05) is 50.2 Å². The highest BCUT2D eigenvalue weighted by atomic mass is 16.7. The summed E-state index contributed by atoms with van der Waals surface area (Å²) in [6.07, 6.45) is 0. The lowest BCUT2D eigenvalue weighted by Crippen LogP contribution is -2.29. The average Bonchev–Trinajstić information content (AvgIpc) is 2.28. The van der Waals surface area contributed by atoms with Gasteiger partial charge < -0.3 is 14.4 Å². The number of hydrogen-bond donors (Lipinski definition) is 0. The molecule has 1 aromatic rings. The molecule has 0 spiro atoms. The van der Waals surface area contributed by atoms with E-state index in [1.165, 1.54) is 0 Å². The predicted octanol–water partition coefficient (Wildman–Crippen LogP) is 2.22. The molecule has 0 radical (unpaired) electrons. The van der Waals surface area contributed by atoms with Gasteiger partial charge in [0.15, 0.2) is 5.79 Å². The fourth-order valence-corrected chi connectivity index (χ4v) is 1.55. The molecule has 15 heavy (non-hydrogen) atoms. The number of benzene rings is 1. The molecule has 0 N–H and O–H groups in total. The maximum Gasteiger partial charge on any atom is 0.193 e. The molecule has 0 bridgehead atoms. The molecule has 0 aromatic heterocycles. The van der Waals surface area contributed by atoms with Gasteiger partial charge in [0.1, 0.15) is 0 Å². The summed E-state index contributed by atoms with van der Waals surface area (Å²) in [6.45, 7) is 1.91. The Balaban J connectivity index is 3.23. The maximum absolute atomic E-state index is 5.41. The van der Waals surface area contributed by atoms with E-state index in [0.29, 0.717) is 0 Å². The van der Waals surface area contributed by atoms with Gasteiger partial charge in [0.25, 0.3) is 0 Å². The molecule has 0 aliphatic rings. The number of nitrogens with zero attached hydrogens (tertiary/aromatic N) is 1. The number of para-hydroxylation sites is 1. The molecule has 0 amide bonds. The van der Waals surface area contributed by atoms with Crippen LogP contribution in [0.2, 0.25) is 0 Å². The Hall–Kier alpha value is -1.06. The van der Waals surface area contributed by atoms with Gasteiger partial charge in [-0.25, -0.2) is 0 Å². The molecule has 0 unspecified atom stereocenters. The highest BCUT2D eigenvalue weighted by molar-refractivity contribution is 5.54. The van der Waals surface area contributed by atoms with Crippen LogP contribution in [0.1, 0.15) is 12.5 Å². The highest BCUT2D eigenvalue weighted by Crippen LogP contribution is 2.32. The quantitative estimate of drug-likeness (QED) is 0.710. The van der Waals surface area contributed by atoms with Crippen LogP contribution < -0.4 is 4.90 Å². The molecule has 3 nitrogen and oxygen atoms in total. The SMILES string of the molecule is COC(C)(OC)c1ccccc1N(C)C. The molecular weight excluding hydrogens is 190 g/mol. The van der Waals surface area contributed by atoms with Gasteiger partial charge in [-0.3, -0.25) is 0 Å². The van der Waals surface area contributed by atoms with E-state index in [9.17, 15) is 0 Å². The highest BCUT2D eigenvalue weighted by Gasteiger charge is 2.28. The van der Waals surface area contributed by atoms with Crippen LogP contribution in [0.4, 0.5) is 5.69 Å². The van der Waals surface area contributed by atoms with E-state index in [1.54, 1.807) is 14.2 Å². The number of anilines is 1. The molecule has 1 aromatic carbocycles. The molecule has 0 aliphatic carbocycles. The van der Waals surface area contributed by atoms with Crippen molar-refractivity contribution in [2.75, 3.05) is 33.2 Å². The van der Waals surface area contributed by atoms with E-state index in [4.69, 9.17) is 9.47 Å². The van der Waals surface area contributed by atoms with Gasteiger partial charge in [-0.05, 0) is 13.0 Å². The van der Waals surface area contributed by atoms with E-state index in [-0.39, 0.29) is 0 Å². The summed E-state index contributed by atoms with van der Waals surface area (Å²) in [5.74, 6) is -0.694. The molecule has 0 fully saturated rings. The first-order chi connectivity index (χ1) is 7.05. The summed E-state index contributed by atoms with van der Waals surface area (Å²) in [4.78, 5) is 2.05. The zero-order valence-corrected chi connectivity index (χ0v) is 10.1. The van der Waals surface area contributed by atoms with Crippen LogP contribution in [0.5, 0.6) is 0 Å². The first-order valence-electron chi connectivity index (χ1n) is 4.92. The maximum atomic E-state index is 5.41. The number of hydrogen-bond acceptors (Lipinski definition) is 3. The van der Waals surface area contributed by atoms with Crippen LogP contribution in [0.15, 0.2) is 24.3 Å². The van der Waals surface area contributed by atoms with Crippen molar-refractivity contribution in [1.82, 2.24) is 0 Å². The van der Waals surface area contributed by atoms with Crippen molar-refractivity contribution in [3.63, 3.8) is 0 Å². The molecular formula is C12H19NO2. The van der Waals surface area contributed by atoms with E-state index in [0.717, 1.165) is 11.3 Å². The Labute approximate surface area is 91.6 Å². The topological polar surface area (TPSA) is 21.7 Å². The molecule has 0 saturated heterocycles. The van der Waals surface area contributed by atoms with Gasteiger partial charge in [-0.2, -0.15) is 0 Å². The third-order valence-corrected chi connectivity index (χ3v) is 2.65. The van der Waals surface area contributed by atoms with Crippen molar-refractivity contribution in [2.45, 2.75) is 12.7 Å². The fourth-order valence-electron chi connectivity index (χ4n) is 1.55. The van der Waals surface area contributed by atoms with Crippen LogP contribution in [0, 0.1) is 0 Å². The van der Waals surface area contributed by atoms with Gasteiger partial charge in [-0.15, -0.1) is 0 Å². The number of ether oxygens (including phenoxy) is 2. The van der Waals surface area contributed by atoms with Crippen molar-refractivity contribution in [1.29, 1.82) is 0 Å². The minimum Gasteiger partial charge on any atom is -0.377 e. The minimum atomic E-state index is -0.694. The van der Waals surface area contributed by atoms with Crippen molar-refractivity contribution in [3.05, 3.63) is 29.8 Å². The lowest BCUT2D eigenvalue weighted by atomic mass is 10.0. The third-order valence-electron chi connectivity index (χ3n) is 2.65. The molecule has 0 saturated carbocycles. The van der Waals surface area contributed by atoms with Gasteiger partial charge >= 0.3 is 0 Å². The Bertz CT molecular complexity index is 319. The Morgan fingerprint density at radius 1 is 1.07 bits per heavy atom. The van der Waals surface area contributed by atoms with Crippen LogP contribution in [-0.2, 0) is 15.3 Å². The number of rotatable bonds is 4. The summed E-state index contributed by atoms with van der Waals surface area (Å²) in [6, 6.07) is 8.05. The lowest BCUT2D eigenvalue weighted by Gasteiger charge is -2.30. The number of methoxy groups -OCH3 is 2.